The summed E-state index contributed by atoms with van der Waals surface area (Å²) in [5.41, 5.74) is 1.22. The van der Waals surface area contributed by atoms with E-state index in [1.54, 1.807) is 43.3 Å². The second-order valence-corrected chi connectivity index (χ2v) is 11.3. The first-order valence-corrected chi connectivity index (χ1v) is 14.7. The Labute approximate surface area is 226 Å². The van der Waals surface area contributed by atoms with E-state index in [9.17, 15) is 18.0 Å². The van der Waals surface area contributed by atoms with Crippen LogP contribution in [0.5, 0.6) is 5.75 Å². The lowest BCUT2D eigenvalue weighted by atomic mass is 10.1. The summed E-state index contributed by atoms with van der Waals surface area (Å²) in [6, 6.07) is 13.2. The molecule has 0 aliphatic carbocycles. The van der Waals surface area contributed by atoms with Crippen molar-refractivity contribution in [2.24, 2.45) is 0 Å². The van der Waals surface area contributed by atoms with E-state index < -0.39 is 16.1 Å². The fourth-order valence-electron chi connectivity index (χ4n) is 3.74. The van der Waals surface area contributed by atoms with E-state index in [0.717, 1.165) is 18.2 Å². The molecule has 8 nitrogen and oxygen atoms in total. The second-order valence-electron chi connectivity index (χ2n) is 8.97. The number of hydrogen-bond donors (Lipinski definition) is 1. The van der Waals surface area contributed by atoms with Gasteiger partial charge in [0.2, 0.25) is 21.8 Å². The van der Waals surface area contributed by atoms with Gasteiger partial charge < -0.3 is 15.0 Å². The third-order valence-corrected chi connectivity index (χ3v) is 7.62. The highest BCUT2D eigenvalue weighted by molar-refractivity contribution is 7.92. The number of halogens is 1. The number of hydrogen-bond acceptors (Lipinski definition) is 5. The van der Waals surface area contributed by atoms with Gasteiger partial charge in [0.1, 0.15) is 11.8 Å². The smallest absolute Gasteiger partial charge is 0.242 e. The van der Waals surface area contributed by atoms with Crippen molar-refractivity contribution in [2.45, 2.75) is 65.6 Å². The fraction of sp³-hybridized carbons (Fsp3) is 0.481. The zero-order valence-corrected chi connectivity index (χ0v) is 23.8. The molecule has 204 valence electrons. The number of carbonyl (C=O) groups excluding carboxylic acids is 2. The molecule has 0 unspecified atom stereocenters. The van der Waals surface area contributed by atoms with Crippen LogP contribution in [0.15, 0.2) is 48.5 Å². The van der Waals surface area contributed by atoms with Gasteiger partial charge in [0.25, 0.3) is 0 Å². The van der Waals surface area contributed by atoms with Gasteiger partial charge in [-0.2, -0.15) is 0 Å². The fourth-order valence-corrected chi connectivity index (χ4v) is 4.90. The van der Waals surface area contributed by atoms with Crippen molar-refractivity contribution < 1.29 is 22.7 Å². The van der Waals surface area contributed by atoms with Crippen molar-refractivity contribution in [3.63, 3.8) is 0 Å². The lowest BCUT2D eigenvalue weighted by Gasteiger charge is -2.30. The SMILES string of the molecule is CCOc1ccc(N(CCCC(=O)N(Cc2ccccc2Cl)[C@H](C)C(=O)N[C@H](C)CC)S(C)(=O)=O)cc1. The van der Waals surface area contributed by atoms with Gasteiger partial charge in [-0.15, -0.1) is 0 Å². The molecule has 0 saturated carbocycles. The average Bonchev–Trinajstić information content (AvgIpc) is 2.85. The summed E-state index contributed by atoms with van der Waals surface area (Å²) < 4.78 is 31.7. The third kappa shape index (κ3) is 9.23. The van der Waals surface area contributed by atoms with Crippen LogP contribution in [0.1, 0.15) is 52.5 Å². The number of amides is 2. The first kappa shape index (κ1) is 30.4. The van der Waals surface area contributed by atoms with Crippen molar-refractivity contribution in [3.8, 4) is 5.75 Å². The van der Waals surface area contributed by atoms with E-state index in [4.69, 9.17) is 16.3 Å². The van der Waals surface area contributed by atoms with Gasteiger partial charge in [0.15, 0.2) is 0 Å². The molecule has 2 atom stereocenters. The van der Waals surface area contributed by atoms with Gasteiger partial charge in [-0.25, -0.2) is 8.42 Å². The molecule has 0 bridgehead atoms. The van der Waals surface area contributed by atoms with Crippen LogP contribution in [0.25, 0.3) is 0 Å². The van der Waals surface area contributed by atoms with Gasteiger partial charge >= 0.3 is 0 Å². The minimum atomic E-state index is -3.58. The van der Waals surface area contributed by atoms with Crippen LogP contribution in [0.2, 0.25) is 5.02 Å². The molecular formula is C27H38ClN3O5S. The molecule has 0 spiro atoms. The monoisotopic (exact) mass is 551 g/mol. The Kier molecular flexibility index (Phi) is 11.7. The molecule has 2 amide bonds. The van der Waals surface area contributed by atoms with E-state index in [-0.39, 0.29) is 43.8 Å². The van der Waals surface area contributed by atoms with Crippen molar-refractivity contribution in [1.29, 1.82) is 0 Å². The molecule has 37 heavy (non-hydrogen) atoms. The largest absolute Gasteiger partial charge is 0.494 e. The topological polar surface area (TPSA) is 96.0 Å². The molecule has 1 N–H and O–H groups in total. The Bertz CT molecular complexity index is 1140. The summed E-state index contributed by atoms with van der Waals surface area (Å²) in [4.78, 5) is 27.7. The van der Waals surface area contributed by atoms with Crippen molar-refractivity contribution in [1.82, 2.24) is 10.2 Å². The lowest BCUT2D eigenvalue weighted by Crippen LogP contribution is -2.49. The minimum absolute atomic E-state index is 0.0235. The van der Waals surface area contributed by atoms with Gasteiger partial charge in [-0.3, -0.25) is 13.9 Å². The molecule has 0 radical (unpaired) electrons. The average molecular weight is 552 g/mol. The van der Waals surface area contributed by atoms with E-state index in [1.807, 2.05) is 32.9 Å². The van der Waals surface area contributed by atoms with E-state index in [2.05, 4.69) is 5.32 Å². The molecule has 0 aliphatic rings. The quantitative estimate of drug-likeness (QED) is 0.370. The maximum absolute atomic E-state index is 13.4. The van der Waals surface area contributed by atoms with Crippen LogP contribution in [0, 0.1) is 0 Å². The number of benzene rings is 2. The first-order valence-electron chi connectivity index (χ1n) is 12.5. The Hall–Kier alpha value is -2.78. The number of sulfonamides is 1. The van der Waals surface area contributed by atoms with Crippen LogP contribution >= 0.6 is 11.6 Å². The molecular weight excluding hydrogens is 514 g/mol. The summed E-state index contributed by atoms with van der Waals surface area (Å²) in [7, 11) is -3.58. The molecule has 0 aliphatic heterocycles. The third-order valence-electron chi connectivity index (χ3n) is 6.05. The van der Waals surface area contributed by atoms with Crippen LogP contribution < -0.4 is 14.4 Å². The zero-order chi connectivity index (χ0) is 27.6. The molecule has 0 saturated heterocycles. The van der Waals surface area contributed by atoms with Gasteiger partial charge in [-0.1, -0.05) is 36.7 Å². The molecule has 0 fully saturated rings. The number of nitrogens with zero attached hydrogens (tertiary/aromatic N) is 2. The normalized spacial score (nSPS) is 12.9. The van der Waals surface area contributed by atoms with Crippen LogP contribution in [-0.2, 0) is 26.2 Å². The molecule has 10 heteroatoms. The first-order chi connectivity index (χ1) is 17.5. The van der Waals surface area contributed by atoms with Gasteiger partial charge in [0, 0.05) is 30.6 Å². The van der Waals surface area contributed by atoms with Crippen molar-refractivity contribution in [3.05, 3.63) is 59.1 Å². The predicted octanol–water partition coefficient (Wildman–Crippen LogP) is 4.62. The number of ether oxygens (including phenoxy) is 1. The number of rotatable bonds is 14. The maximum atomic E-state index is 13.4. The Morgan fingerprint density at radius 2 is 1.70 bits per heavy atom. The van der Waals surface area contributed by atoms with Gasteiger partial charge in [-0.05, 0) is 69.5 Å². The highest BCUT2D eigenvalue weighted by atomic mass is 35.5. The maximum Gasteiger partial charge on any atom is 0.242 e. The Balaban J connectivity index is 2.17. The van der Waals surface area contributed by atoms with Crippen LogP contribution in [-0.4, -0.2) is 56.6 Å². The highest BCUT2D eigenvalue weighted by Gasteiger charge is 2.27. The van der Waals surface area contributed by atoms with E-state index in [0.29, 0.717) is 23.1 Å². The summed E-state index contributed by atoms with van der Waals surface area (Å²) in [5, 5.41) is 3.44. The molecule has 2 rings (SSSR count). The predicted molar refractivity (Wildman–Crippen MR) is 148 cm³/mol. The van der Waals surface area contributed by atoms with Crippen molar-refractivity contribution in [2.75, 3.05) is 23.7 Å². The number of anilines is 1. The highest BCUT2D eigenvalue weighted by Crippen LogP contribution is 2.23. The molecule has 0 heterocycles. The van der Waals surface area contributed by atoms with Gasteiger partial charge in [0.05, 0.1) is 18.6 Å². The second kappa shape index (κ2) is 14.2. The Morgan fingerprint density at radius 3 is 2.27 bits per heavy atom. The zero-order valence-electron chi connectivity index (χ0n) is 22.2. The number of nitrogens with one attached hydrogen (secondary N) is 1. The molecule has 2 aromatic rings. The summed E-state index contributed by atoms with van der Waals surface area (Å²) in [5.74, 6) is 0.142. The minimum Gasteiger partial charge on any atom is -0.494 e. The van der Waals surface area contributed by atoms with E-state index in [1.165, 1.54) is 9.21 Å². The molecule has 0 aromatic heterocycles. The lowest BCUT2D eigenvalue weighted by molar-refractivity contribution is -0.140. The molecule has 2 aromatic carbocycles. The number of carbonyl (C=O) groups is 2. The summed E-state index contributed by atoms with van der Waals surface area (Å²) >= 11 is 6.34. The van der Waals surface area contributed by atoms with Crippen LogP contribution in [0.3, 0.4) is 0 Å². The van der Waals surface area contributed by atoms with Crippen molar-refractivity contribution >= 4 is 39.1 Å². The standard InChI is InChI=1S/C27H38ClN3O5S/c1-6-20(3)29-27(33)21(4)30(19-22-11-8-9-12-25(22)28)26(32)13-10-18-31(37(5,34)35)23-14-16-24(17-15-23)36-7-2/h8-9,11-12,14-17,20-21H,6-7,10,13,18-19H2,1-5H3,(H,29,33)/t20-,21-/m1/s1. The Morgan fingerprint density at radius 1 is 1.05 bits per heavy atom. The summed E-state index contributed by atoms with van der Waals surface area (Å²) in [6.07, 6.45) is 2.24. The van der Waals surface area contributed by atoms with Crippen LogP contribution in [0.4, 0.5) is 5.69 Å². The summed E-state index contributed by atoms with van der Waals surface area (Å²) in [6.45, 7) is 8.24. The van der Waals surface area contributed by atoms with E-state index >= 15 is 0 Å².